The number of carbonyl (C=O) groups is 1. The molecule has 1 heterocycles. The zero-order chi connectivity index (χ0) is 19.7. The van der Waals surface area contributed by atoms with Crippen LogP contribution in [0.25, 0.3) is 0 Å². The minimum Gasteiger partial charge on any atom is -0.379 e. The fourth-order valence-electron chi connectivity index (χ4n) is 3.31. The van der Waals surface area contributed by atoms with Crippen LogP contribution in [0, 0.1) is 5.41 Å². The van der Waals surface area contributed by atoms with E-state index in [0.717, 1.165) is 44.9 Å². The molecule has 0 aliphatic carbocycles. The van der Waals surface area contributed by atoms with Gasteiger partial charge in [-0.3, -0.25) is 14.7 Å². The molecule has 160 valence electrons. The number of aliphatic imine (C=N–C) groups is 1. The number of methoxy groups -OCH3 is 1. The molecule has 1 fully saturated rings. The third-order valence-electron chi connectivity index (χ3n) is 4.93. The summed E-state index contributed by atoms with van der Waals surface area (Å²) in [6.45, 7) is 9.98. The van der Waals surface area contributed by atoms with E-state index < -0.39 is 0 Å². The molecule has 0 spiro atoms. The summed E-state index contributed by atoms with van der Waals surface area (Å²) in [5.41, 5.74) is 0.0738. The molecule has 0 aromatic heterocycles. The van der Waals surface area contributed by atoms with Gasteiger partial charge in [0.2, 0.25) is 5.91 Å². The number of nitrogens with one attached hydrogen (secondary N) is 2. The SMILES string of the molecule is CN=C(NCCCN1CCCC1C(=O)N(C)C)NCC(OC)C(C)(C)C.I. The molecule has 8 heteroatoms. The van der Waals surface area contributed by atoms with Crippen molar-refractivity contribution in [3.05, 3.63) is 0 Å². The van der Waals surface area contributed by atoms with Crippen LogP contribution < -0.4 is 10.6 Å². The summed E-state index contributed by atoms with van der Waals surface area (Å²) < 4.78 is 5.57. The molecule has 2 unspecified atom stereocenters. The highest BCUT2D eigenvalue weighted by molar-refractivity contribution is 14.0. The summed E-state index contributed by atoms with van der Waals surface area (Å²) in [4.78, 5) is 20.5. The maximum Gasteiger partial charge on any atom is 0.239 e. The molecule has 1 rings (SSSR count). The lowest BCUT2D eigenvalue weighted by Crippen LogP contribution is -2.46. The van der Waals surface area contributed by atoms with Crippen LogP contribution in [0.15, 0.2) is 4.99 Å². The number of rotatable bonds is 8. The van der Waals surface area contributed by atoms with Crippen molar-refractivity contribution in [2.45, 2.75) is 52.2 Å². The number of amides is 1. The summed E-state index contributed by atoms with van der Waals surface area (Å²) >= 11 is 0. The van der Waals surface area contributed by atoms with E-state index in [1.165, 1.54) is 0 Å². The minimum atomic E-state index is 0. The number of hydrogen-bond donors (Lipinski definition) is 2. The Kier molecular flexibility index (Phi) is 12.5. The molecule has 0 radical (unpaired) electrons. The molecule has 0 saturated carbocycles. The average molecular weight is 497 g/mol. The van der Waals surface area contributed by atoms with E-state index in [4.69, 9.17) is 4.74 Å². The average Bonchev–Trinajstić information content (AvgIpc) is 3.03. The maximum absolute atomic E-state index is 12.2. The first kappa shape index (κ1) is 26.4. The quantitative estimate of drug-likeness (QED) is 0.232. The van der Waals surface area contributed by atoms with Gasteiger partial charge < -0.3 is 20.3 Å². The molecule has 0 aromatic carbocycles. The second-order valence-corrected chi connectivity index (χ2v) is 8.25. The third kappa shape index (κ3) is 8.95. The topological polar surface area (TPSA) is 69.2 Å². The molecule has 1 amide bonds. The molecule has 27 heavy (non-hydrogen) atoms. The largest absolute Gasteiger partial charge is 0.379 e. The van der Waals surface area contributed by atoms with E-state index in [9.17, 15) is 4.79 Å². The number of ether oxygens (including phenoxy) is 1. The Morgan fingerprint density at radius 1 is 1.33 bits per heavy atom. The molecule has 2 N–H and O–H groups in total. The Balaban J connectivity index is 0.00000676. The second kappa shape index (κ2) is 12.8. The van der Waals surface area contributed by atoms with E-state index in [0.29, 0.717) is 6.54 Å². The monoisotopic (exact) mass is 497 g/mol. The molecule has 2 atom stereocenters. The fraction of sp³-hybridized carbons (Fsp3) is 0.895. The van der Waals surface area contributed by atoms with Gasteiger partial charge in [-0.2, -0.15) is 0 Å². The first-order valence-electron chi connectivity index (χ1n) is 9.63. The van der Waals surface area contributed by atoms with Gasteiger partial charge in [0.1, 0.15) is 0 Å². The van der Waals surface area contributed by atoms with Gasteiger partial charge in [-0.15, -0.1) is 24.0 Å². The number of likely N-dealkylation sites (tertiary alicyclic amines) is 1. The van der Waals surface area contributed by atoms with Crippen molar-refractivity contribution < 1.29 is 9.53 Å². The van der Waals surface area contributed by atoms with E-state index >= 15 is 0 Å². The van der Waals surface area contributed by atoms with E-state index in [1.807, 2.05) is 14.1 Å². The van der Waals surface area contributed by atoms with Gasteiger partial charge >= 0.3 is 0 Å². The normalized spacial score (nSPS) is 19.4. The zero-order valence-corrected chi connectivity index (χ0v) is 20.5. The van der Waals surface area contributed by atoms with Gasteiger partial charge in [0.15, 0.2) is 5.96 Å². The van der Waals surface area contributed by atoms with Gasteiger partial charge in [-0.1, -0.05) is 20.8 Å². The molecular weight excluding hydrogens is 457 g/mol. The van der Waals surface area contributed by atoms with Crippen LogP contribution in [-0.4, -0.2) is 88.2 Å². The molecule has 0 bridgehead atoms. The van der Waals surface area contributed by atoms with Crippen molar-refractivity contribution in [1.82, 2.24) is 20.4 Å². The van der Waals surface area contributed by atoms with Crippen molar-refractivity contribution in [2.24, 2.45) is 10.4 Å². The lowest BCUT2D eigenvalue weighted by molar-refractivity contribution is -0.133. The van der Waals surface area contributed by atoms with Gasteiger partial charge in [0.25, 0.3) is 0 Å². The lowest BCUT2D eigenvalue weighted by atomic mass is 9.89. The molecule has 0 aromatic rings. The highest BCUT2D eigenvalue weighted by atomic mass is 127. The number of carbonyl (C=O) groups excluding carboxylic acids is 1. The van der Waals surface area contributed by atoms with E-state index in [-0.39, 0.29) is 47.4 Å². The third-order valence-corrected chi connectivity index (χ3v) is 4.93. The van der Waals surface area contributed by atoms with E-state index in [1.54, 1.807) is 19.1 Å². The maximum atomic E-state index is 12.2. The van der Waals surface area contributed by atoms with Crippen LogP contribution in [0.4, 0.5) is 0 Å². The van der Waals surface area contributed by atoms with Crippen molar-refractivity contribution in [3.8, 4) is 0 Å². The van der Waals surface area contributed by atoms with Crippen molar-refractivity contribution in [2.75, 3.05) is 54.4 Å². The Labute approximate surface area is 182 Å². The minimum absolute atomic E-state index is 0. The highest BCUT2D eigenvalue weighted by Crippen LogP contribution is 2.21. The van der Waals surface area contributed by atoms with Gasteiger partial charge in [0, 0.05) is 47.9 Å². The van der Waals surface area contributed by atoms with Crippen LogP contribution in [0.1, 0.15) is 40.0 Å². The van der Waals surface area contributed by atoms with Crippen molar-refractivity contribution in [1.29, 1.82) is 0 Å². The number of guanidine groups is 1. The summed E-state index contributed by atoms with van der Waals surface area (Å²) in [5, 5.41) is 6.69. The Morgan fingerprint density at radius 2 is 2.00 bits per heavy atom. The smallest absolute Gasteiger partial charge is 0.239 e. The molecule has 1 aliphatic rings. The fourth-order valence-corrected chi connectivity index (χ4v) is 3.31. The van der Waals surface area contributed by atoms with Gasteiger partial charge in [0.05, 0.1) is 12.1 Å². The van der Waals surface area contributed by atoms with Gasteiger partial charge in [-0.05, 0) is 31.2 Å². The number of nitrogens with zero attached hydrogens (tertiary/aromatic N) is 3. The predicted molar refractivity (Wildman–Crippen MR) is 123 cm³/mol. The van der Waals surface area contributed by atoms with Gasteiger partial charge in [-0.25, -0.2) is 0 Å². The summed E-state index contributed by atoms with van der Waals surface area (Å²) in [7, 11) is 7.19. The standard InChI is InChI=1S/C19H39N5O2.HI/c1-19(2,3)16(26-7)14-22-18(20-4)21-11-9-13-24-12-8-10-15(24)17(25)23(5)6;/h15-16H,8-14H2,1-7H3,(H2,20,21,22);1H. The van der Waals surface area contributed by atoms with Crippen LogP contribution in [0.5, 0.6) is 0 Å². The van der Waals surface area contributed by atoms with Crippen molar-refractivity contribution >= 4 is 35.8 Å². The molecule has 1 saturated heterocycles. The van der Waals surface area contributed by atoms with Crippen LogP contribution in [0.3, 0.4) is 0 Å². The Hall–Kier alpha value is -0.610. The Morgan fingerprint density at radius 3 is 2.52 bits per heavy atom. The molecule has 7 nitrogen and oxygen atoms in total. The van der Waals surface area contributed by atoms with Crippen LogP contribution in [-0.2, 0) is 9.53 Å². The first-order valence-corrected chi connectivity index (χ1v) is 9.63. The predicted octanol–water partition coefficient (Wildman–Crippen LogP) is 1.77. The summed E-state index contributed by atoms with van der Waals surface area (Å²) in [6, 6.07) is 0.0525. The highest BCUT2D eigenvalue weighted by Gasteiger charge is 2.31. The summed E-state index contributed by atoms with van der Waals surface area (Å²) in [6.07, 6.45) is 3.17. The zero-order valence-electron chi connectivity index (χ0n) is 18.2. The number of halogens is 1. The molecular formula is C19H40IN5O2. The molecule has 1 aliphatic heterocycles. The Bertz CT molecular complexity index is 466. The number of hydrogen-bond acceptors (Lipinski definition) is 4. The number of likely N-dealkylation sites (N-methyl/N-ethyl adjacent to an activating group) is 1. The van der Waals surface area contributed by atoms with Crippen LogP contribution >= 0.6 is 24.0 Å². The van der Waals surface area contributed by atoms with E-state index in [2.05, 4.69) is 41.3 Å². The first-order chi connectivity index (χ1) is 12.2. The van der Waals surface area contributed by atoms with Crippen LogP contribution in [0.2, 0.25) is 0 Å². The second-order valence-electron chi connectivity index (χ2n) is 8.25. The summed E-state index contributed by atoms with van der Waals surface area (Å²) in [5.74, 6) is 1.01. The van der Waals surface area contributed by atoms with Crippen molar-refractivity contribution in [3.63, 3.8) is 0 Å². The lowest BCUT2D eigenvalue weighted by Gasteiger charge is -2.30.